The highest BCUT2D eigenvalue weighted by Crippen LogP contribution is 2.74. The molecule has 8 atom stereocenters. The van der Waals surface area contributed by atoms with Gasteiger partial charge < -0.3 is 9.47 Å². The summed E-state index contributed by atoms with van der Waals surface area (Å²) in [5, 5.41) is 0. The molecule has 5 aliphatic carbocycles. The summed E-state index contributed by atoms with van der Waals surface area (Å²) in [6, 6.07) is 13.7. The molecule has 0 heterocycles. The molecule has 0 aliphatic heterocycles. The Morgan fingerprint density at radius 1 is 0.697 bits per heavy atom. The quantitative estimate of drug-likeness (QED) is 0.493. The molecule has 7 rings (SSSR count). The van der Waals surface area contributed by atoms with Crippen molar-refractivity contribution in [3.8, 4) is 22.6 Å². The summed E-state index contributed by atoms with van der Waals surface area (Å²) in [5.74, 6) is 9.73. The SMILES string of the molecule is CCC1CC(CC)C2C3CC(C4CC5(CC43)c3cc(OC)ccc3-c3ccc(OC)cc35)C12. The van der Waals surface area contributed by atoms with Crippen LogP contribution in [-0.2, 0) is 5.41 Å². The minimum Gasteiger partial charge on any atom is -0.497 e. The lowest BCUT2D eigenvalue weighted by molar-refractivity contribution is 0.0950. The summed E-state index contributed by atoms with van der Waals surface area (Å²) < 4.78 is 11.5. The standard InChI is InChI=1S/C31H38O2/c1-5-17-11-18(6-2)30-24-14-23(29(17)30)25-15-31(16-26(24)25)27-12-19(32-3)7-9-21(27)22-10-8-20(33-4)13-28(22)31/h7-10,12-13,17-18,23-26,29-30H,5-6,11,14-16H2,1-4H3. The minimum atomic E-state index is 0.141. The fourth-order valence-electron chi connectivity index (χ4n) is 10.3. The van der Waals surface area contributed by atoms with Gasteiger partial charge in [-0.1, -0.05) is 38.8 Å². The van der Waals surface area contributed by atoms with Crippen molar-refractivity contribution in [3.63, 3.8) is 0 Å². The van der Waals surface area contributed by atoms with Gasteiger partial charge in [-0.2, -0.15) is 0 Å². The van der Waals surface area contributed by atoms with Gasteiger partial charge in [0, 0.05) is 5.41 Å². The van der Waals surface area contributed by atoms with Crippen LogP contribution in [0.1, 0.15) is 63.5 Å². The highest BCUT2D eigenvalue weighted by molar-refractivity contribution is 5.82. The largest absolute Gasteiger partial charge is 0.497 e. The number of rotatable bonds is 4. The highest BCUT2D eigenvalue weighted by atomic mass is 16.5. The third kappa shape index (κ3) is 2.46. The van der Waals surface area contributed by atoms with Crippen LogP contribution >= 0.6 is 0 Å². The van der Waals surface area contributed by atoms with E-state index in [0.29, 0.717) is 0 Å². The molecule has 1 spiro atoms. The second kappa shape index (κ2) is 7.03. The average molecular weight is 443 g/mol. The Labute approximate surface area is 199 Å². The summed E-state index contributed by atoms with van der Waals surface area (Å²) >= 11 is 0. The molecule has 2 aromatic rings. The van der Waals surface area contributed by atoms with E-state index in [2.05, 4.69) is 50.2 Å². The summed E-state index contributed by atoms with van der Waals surface area (Å²) in [6.45, 7) is 4.92. The van der Waals surface area contributed by atoms with Crippen LogP contribution in [0.15, 0.2) is 36.4 Å². The first kappa shape index (κ1) is 20.4. The van der Waals surface area contributed by atoms with E-state index in [9.17, 15) is 0 Å². The fraction of sp³-hybridized carbons (Fsp3) is 0.613. The molecule has 2 aromatic carbocycles. The van der Waals surface area contributed by atoms with Gasteiger partial charge in [-0.05, 0) is 120 Å². The van der Waals surface area contributed by atoms with Crippen molar-refractivity contribution < 1.29 is 9.47 Å². The van der Waals surface area contributed by atoms with Crippen LogP contribution in [-0.4, -0.2) is 14.2 Å². The van der Waals surface area contributed by atoms with E-state index >= 15 is 0 Å². The molecular formula is C31H38O2. The van der Waals surface area contributed by atoms with E-state index < -0.39 is 0 Å². The zero-order valence-corrected chi connectivity index (χ0v) is 20.6. The number of benzene rings is 2. The van der Waals surface area contributed by atoms with E-state index in [1.54, 1.807) is 14.2 Å². The van der Waals surface area contributed by atoms with Gasteiger partial charge >= 0.3 is 0 Å². The van der Waals surface area contributed by atoms with Crippen molar-refractivity contribution in [2.45, 2.75) is 57.8 Å². The first-order chi connectivity index (χ1) is 16.1. The summed E-state index contributed by atoms with van der Waals surface area (Å²) in [5.41, 5.74) is 6.06. The van der Waals surface area contributed by atoms with Gasteiger partial charge in [0.15, 0.2) is 0 Å². The molecule has 0 N–H and O–H groups in total. The van der Waals surface area contributed by atoms with Crippen LogP contribution in [0.3, 0.4) is 0 Å². The Hall–Kier alpha value is -1.96. The highest BCUT2D eigenvalue weighted by Gasteiger charge is 2.68. The predicted octanol–water partition coefficient (Wildman–Crippen LogP) is 7.33. The van der Waals surface area contributed by atoms with Crippen molar-refractivity contribution in [1.82, 2.24) is 0 Å². The zero-order valence-electron chi connectivity index (χ0n) is 20.6. The van der Waals surface area contributed by atoms with Gasteiger partial charge in [-0.25, -0.2) is 0 Å². The van der Waals surface area contributed by atoms with E-state index in [4.69, 9.17) is 9.47 Å². The Morgan fingerprint density at radius 3 is 1.61 bits per heavy atom. The summed E-state index contributed by atoms with van der Waals surface area (Å²) in [6.07, 6.45) is 8.49. The van der Waals surface area contributed by atoms with Crippen LogP contribution in [0.4, 0.5) is 0 Å². The third-order valence-corrected chi connectivity index (χ3v) is 11.3. The molecule has 4 fully saturated rings. The molecule has 0 radical (unpaired) electrons. The Bertz CT molecular complexity index is 1020. The predicted molar refractivity (Wildman–Crippen MR) is 133 cm³/mol. The topological polar surface area (TPSA) is 18.5 Å². The summed E-state index contributed by atoms with van der Waals surface area (Å²) in [4.78, 5) is 0. The maximum atomic E-state index is 5.73. The molecule has 2 bridgehead atoms. The number of hydrogen-bond donors (Lipinski definition) is 0. The van der Waals surface area contributed by atoms with Crippen molar-refractivity contribution in [2.75, 3.05) is 14.2 Å². The lowest BCUT2D eigenvalue weighted by Gasteiger charge is -2.38. The lowest BCUT2D eigenvalue weighted by Crippen LogP contribution is -2.33. The average Bonchev–Trinajstić information content (AvgIpc) is 3.63. The van der Waals surface area contributed by atoms with E-state index in [0.717, 1.165) is 58.8 Å². The molecule has 0 amide bonds. The number of ether oxygens (including phenoxy) is 2. The van der Waals surface area contributed by atoms with E-state index in [1.165, 1.54) is 60.8 Å². The Morgan fingerprint density at radius 2 is 1.18 bits per heavy atom. The van der Waals surface area contributed by atoms with E-state index in [-0.39, 0.29) is 5.41 Å². The Balaban J connectivity index is 1.35. The van der Waals surface area contributed by atoms with Crippen molar-refractivity contribution in [1.29, 1.82) is 0 Å². The van der Waals surface area contributed by atoms with Gasteiger partial charge in [0.25, 0.3) is 0 Å². The van der Waals surface area contributed by atoms with Gasteiger partial charge in [0.2, 0.25) is 0 Å². The van der Waals surface area contributed by atoms with Crippen LogP contribution in [0, 0.1) is 47.3 Å². The first-order valence-electron chi connectivity index (χ1n) is 13.5. The van der Waals surface area contributed by atoms with E-state index in [1.807, 2.05) is 0 Å². The number of hydrogen-bond acceptors (Lipinski definition) is 2. The molecule has 8 unspecified atom stereocenters. The first-order valence-corrected chi connectivity index (χ1v) is 13.5. The van der Waals surface area contributed by atoms with Crippen LogP contribution in [0.2, 0.25) is 0 Å². The summed E-state index contributed by atoms with van der Waals surface area (Å²) in [7, 11) is 3.61. The third-order valence-electron chi connectivity index (χ3n) is 11.3. The number of fused-ring (bicyclic) bond motifs is 13. The van der Waals surface area contributed by atoms with Crippen molar-refractivity contribution in [2.24, 2.45) is 47.3 Å². The minimum absolute atomic E-state index is 0.141. The molecule has 2 nitrogen and oxygen atoms in total. The molecular weight excluding hydrogens is 404 g/mol. The molecule has 0 saturated heterocycles. The van der Waals surface area contributed by atoms with Gasteiger partial charge in [-0.3, -0.25) is 0 Å². The molecule has 0 aromatic heterocycles. The van der Waals surface area contributed by atoms with Crippen molar-refractivity contribution >= 4 is 0 Å². The van der Waals surface area contributed by atoms with Gasteiger partial charge in [-0.15, -0.1) is 0 Å². The number of methoxy groups -OCH3 is 2. The Kier molecular flexibility index (Phi) is 4.35. The second-order valence-corrected chi connectivity index (χ2v) is 11.9. The molecule has 5 aliphatic rings. The van der Waals surface area contributed by atoms with Crippen LogP contribution in [0.25, 0.3) is 11.1 Å². The monoisotopic (exact) mass is 442 g/mol. The molecule has 4 saturated carbocycles. The van der Waals surface area contributed by atoms with Gasteiger partial charge in [0.05, 0.1) is 14.2 Å². The molecule has 2 heteroatoms. The van der Waals surface area contributed by atoms with Crippen molar-refractivity contribution in [3.05, 3.63) is 47.5 Å². The maximum Gasteiger partial charge on any atom is 0.119 e. The zero-order chi connectivity index (χ0) is 22.5. The smallest absolute Gasteiger partial charge is 0.119 e. The van der Waals surface area contributed by atoms with Crippen LogP contribution in [0.5, 0.6) is 11.5 Å². The fourth-order valence-corrected chi connectivity index (χ4v) is 10.3. The lowest BCUT2D eigenvalue weighted by atomic mass is 9.67. The normalized spacial score (nSPS) is 38.3. The molecule has 174 valence electrons. The second-order valence-electron chi connectivity index (χ2n) is 11.9. The van der Waals surface area contributed by atoms with Gasteiger partial charge in [0.1, 0.15) is 11.5 Å². The molecule has 33 heavy (non-hydrogen) atoms. The maximum absolute atomic E-state index is 5.73. The van der Waals surface area contributed by atoms with Crippen LogP contribution < -0.4 is 9.47 Å².